The second-order valence-electron chi connectivity index (χ2n) is 4.38. The molecule has 3 heteroatoms. The van der Waals surface area contributed by atoms with Crippen LogP contribution in [0.3, 0.4) is 0 Å². The van der Waals surface area contributed by atoms with E-state index in [2.05, 4.69) is 19.2 Å². The van der Waals surface area contributed by atoms with Crippen LogP contribution in [0.15, 0.2) is 0 Å². The maximum Gasteiger partial charge on any atom is 0.223 e. The summed E-state index contributed by atoms with van der Waals surface area (Å²) in [7, 11) is 0. The predicted octanol–water partition coefficient (Wildman–Crippen LogP) is 2.06. The van der Waals surface area contributed by atoms with Crippen LogP contribution in [0.4, 0.5) is 0 Å². The summed E-state index contributed by atoms with van der Waals surface area (Å²) in [5.74, 6) is 0.188. The van der Waals surface area contributed by atoms with Crippen molar-refractivity contribution in [3.05, 3.63) is 0 Å². The highest BCUT2D eigenvalue weighted by Crippen LogP contribution is 2.05. The number of nitrogens with two attached hydrogens (primary N) is 1. The molecular formula is C12H26N2O. The van der Waals surface area contributed by atoms with Gasteiger partial charge in [0.05, 0.1) is 0 Å². The summed E-state index contributed by atoms with van der Waals surface area (Å²) in [6.07, 6.45) is 5.52. The van der Waals surface area contributed by atoms with E-state index in [1.807, 2.05) is 6.92 Å². The molecule has 0 aliphatic rings. The van der Waals surface area contributed by atoms with Gasteiger partial charge in [-0.1, -0.05) is 33.1 Å². The van der Waals surface area contributed by atoms with Crippen molar-refractivity contribution in [2.45, 2.75) is 58.9 Å². The molecule has 0 saturated carbocycles. The van der Waals surface area contributed by atoms with Gasteiger partial charge in [0.1, 0.15) is 0 Å². The zero-order chi connectivity index (χ0) is 11.7. The molecule has 1 amide bonds. The molecule has 0 fully saturated rings. The summed E-state index contributed by atoms with van der Waals surface area (Å²) in [6, 6.07) is 0.296. The van der Waals surface area contributed by atoms with E-state index >= 15 is 0 Å². The minimum absolute atomic E-state index is 0.0450. The Balaban J connectivity index is 3.65. The summed E-state index contributed by atoms with van der Waals surface area (Å²) >= 11 is 0. The van der Waals surface area contributed by atoms with Gasteiger partial charge in [-0.15, -0.1) is 0 Å². The smallest absolute Gasteiger partial charge is 0.223 e. The first kappa shape index (κ1) is 14.4. The molecule has 3 N–H and O–H groups in total. The van der Waals surface area contributed by atoms with Crippen LogP contribution in [0.1, 0.15) is 52.9 Å². The summed E-state index contributed by atoms with van der Waals surface area (Å²) in [6.45, 7) is 6.77. The standard InChI is InChI=1S/C12H26N2O/c1-4-5-6-7-11(3)14-12(15)10(2)8-9-13/h10-11H,4-9,13H2,1-3H3,(H,14,15). The van der Waals surface area contributed by atoms with Crippen molar-refractivity contribution in [3.63, 3.8) is 0 Å². The Hall–Kier alpha value is -0.570. The molecule has 0 spiro atoms. The molecule has 15 heavy (non-hydrogen) atoms. The average Bonchev–Trinajstić information content (AvgIpc) is 2.18. The molecule has 2 unspecified atom stereocenters. The van der Waals surface area contributed by atoms with Gasteiger partial charge < -0.3 is 11.1 Å². The topological polar surface area (TPSA) is 55.1 Å². The van der Waals surface area contributed by atoms with E-state index in [1.54, 1.807) is 0 Å². The van der Waals surface area contributed by atoms with Crippen LogP contribution in [0.25, 0.3) is 0 Å². The monoisotopic (exact) mass is 214 g/mol. The van der Waals surface area contributed by atoms with Crippen molar-refractivity contribution >= 4 is 5.91 Å². The Morgan fingerprint density at radius 3 is 2.47 bits per heavy atom. The van der Waals surface area contributed by atoms with Crippen molar-refractivity contribution < 1.29 is 4.79 Å². The highest BCUT2D eigenvalue weighted by atomic mass is 16.1. The minimum atomic E-state index is 0.0450. The molecule has 0 rings (SSSR count). The minimum Gasteiger partial charge on any atom is -0.353 e. The fourth-order valence-electron chi connectivity index (χ4n) is 1.54. The van der Waals surface area contributed by atoms with Crippen LogP contribution in [0.5, 0.6) is 0 Å². The maximum atomic E-state index is 11.6. The van der Waals surface area contributed by atoms with Gasteiger partial charge in [0.25, 0.3) is 0 Å². The molecule has 0 radical (unpaired) electrons. The Morgan fingerprint density at radius 2 is 1.93 bits per heavy atom. The molecule has 0 aliphatic carbocycles. The van der Waals surface area contributed by atoms with E-state index in [0.29, 0.717) is 12.6 Å². The third-order valence-electron chi connectivity index (χ3n) is 2.68. The Kier molecular flexibility index (Phi) is 8.38. The molecule has 0 saturated heterocycles. The summed E-state index contributed by atoms with van der Waals surface area (Å²) < 4.78 is 0. The Bertz CT molecular complexity index is 171. The first-order valence-electron chi connectivity index (χ1n) is 6.12. The number of unbranched alkanes of at least 4 members (excludes halogenated alkanes) is 2. The number of hydrogen-bond donors (Lipinski definition) is 2. The van der Waals surface area contributed by atoms with Crippen molar-refractivity contribution in [1.82, 2.24) is 5.32 Å². The van der Waals surface area contributed by atoms with E-state index in [4.69, 9.17) is 5.73 Å². The van der Waals surface area contributed by atoms with E-state index in [9.17, 15) is 4.79 Å². The molecule has 3 nitrogen and oxygen atoms in total. The number of amides is 1. The van der Waals surface area contributed by atoms with Gasteiger partial charge in [0.15, 0.2) is 0 Å². The SMILES string of the molecule is CCCCCC(C)NC(=O)C(C)CCN. The number of rotatable bonds is 8. The van der Waals surface area contributed by atoms with Crippen LogP contribution >= 0.6 is 0 Å². The Morgan fingerprint density at radius 1 is 1.27 bits per heavy atom. The zero-order valence-corrected chi connectivity index (χ0v) is 10.4. The van der Waals surface area contributed by atoms with Gasteiger partial charge >= 0.3 is 0 Å². The molecule has 0 bridgehead atoms. The lowest BCUT2D eigenvalue weighted by molar-refractivity contribution is -0.125. The van der Waals surface area contributed by atoms with Crippen LogP contribution in [-0.2, 0) is 4.79 Å². The van der Waals surface area contributed by atoms with Crippen molar-refractivity contribution in [3.8, 4) is 0 Å². The van der Waals surface area contributed by atoms with Gasteiger partial charge in [-0.2, -0.15) is 0 Å². The van der Waals surface area contributed by atoms with Gasteiger partial charge in [0, 0.05) is 12.0 Å². The first-order chi connectivity index (χ1) is 7.11. The van der Waals surface area contributed by atoms with Crippen LogP contribution in [0.2, 0.25) is 0 Å². The normalized spacial score (nSPS) is 14.7. The summed E-state index contributed by atoms with van der Waals surface area (Å²) in [5, 5.41) is 3.03. The summed E-state index contributed by atoms with van der Waals surface area (Å²) in [4.78, 5) is 11.6. The quantitative estimate of drug-likeness (QED) is 0.608. The average molecular weight is 214 g/mol. The molecule has 0 heterocycles. The third-order valence-corrected chi connectivity index (χ3v) is 2.68. The molecular weight excluding hydrogens is 188 g/mol. The number of carbonyl (C=O) groups excluding carboxylic acids is 1. The lowest BCUT2D eigenvalue weighted by Crippen LogP contribution is -2.36. The molecule has 0 aromatic carbocycles. The number of nitrogens with one attached hydrogen (secondary N) is 1. The second-order valence-corrected chi connectivity index (χ2v) is 4.38. The van der Waals surface area contributed by atoms with Crippen LogP contribution < -0.4 is 11.1 Å². The van der Waals surface area contributed by atoms with E-state index < -0.39 is 0 Å². The zero-order valence-electron chi connectivity index (χ0n) is 10.4. The third kappa shape index (κ3) is 7.37. The van der Waals surface area contributed by atoms with Crippen LogP contribution in [0, 0.1) is 5.92 Å². The highest BCUT2D eigenvalue weighted by molar-refractivity contribution is 5.78. The Labute approximate surface area is 93.8 Å². The fraction of sp³-hybridized carbons (Fsp3) is 0.917. The van der Waals surface area contributed by atoms with Crippen molar-refractivity contribution in [1.29, 1.82) is 0 Å². The molecule has 2 atom stereocenters. The number of hydrogen-bond acceptors (Lipinski definition) is 2. The van der Waals surface area contributed by atoms with Gasteiger partial charge in [0.2, 0.25) is 5.91 Å². The van der Waals surface area contributed by atoms with Crippen LogP contribution in [-0.4, -0.2) is 18.5 Å². The molecule has 90 valence electrons. The fourth-order valence-corrected chi connectivity index (χ4v) is 1.54. The van der Waals surface area contributed by atoms with E-state index in [1.165, 1.54) is 19.3 Å². The molecule has 0 aromatic heterocycles. The van der Waals surface area contributed by atoms with E-state index in [0.717, 1.165) is 12.8 Å². The predicted molar refractivity (Wildman–Crippen MR) is 64.6 cm³/mol. The molecule has 0 aromatic rings. The number of carbonyl (C=O) groups is 1. The second kappa shape index (κ2) is 8.72. The first-order valence-corrected chi connectivity index (χ1v) is 6.12. The molecule has 0 aliphatic heterocycles. The van der Waals surface area contributed by atoms with Gasteiger partial charge in [-0.05, 0) is 26.3 Å². The summed E-state index contributed by atoms with van der Waals surface area (Å²) in [5.41, 5.74) is 5.42. The lowest BCUT2D eigenvalue weighted by atomic mass is 10.1. The lowest BCUT2D eigenvalue weighted by Gasteiger charge is -2.17. The van der Waals surface area contributed by atoms with Gasteiger partial charge in [-0.25, -0.2) is 0 Å². The largest absolute Gasteiger partial charge is 0.353 e. The van der Waals surface area contributed by atoms with Crippen molar-refractivity contribution in [2.75, 3.05) is 6.54 Å². The van der Waals surface area contributed by atoms with Crippen molar-refractivity contribution in [2.24, 2.45) is 11.7 Å². The highest BCUT2D eigenvalue weighted by Gasteiger charge is 2.13. The maximum absolute atomic E-state index is 11.6. The van der Waals surface area contributed by atoms with E-state index in [-0.39, 0.29) is 11.8 Å². The van der Waals surface area contributed by atoms with Gasteiger partial charge in [-0.3, -0.25) is 4.79 Å².